The zero-order valence-electron chi connectivity index (χ0n) is 30.0. The Morgan fingerprint density at radius 1 is 0.488 bits per heavy atom. The minimum Gasteiger partial charge on any atom is -0.446 e. The van der Waals surface area contributed by atoms with Crippen LogP contribution in [0, 0.1) is 0 Å². The molecule has 1 atom stereocenters. The van der Waals surface area contributed by atoms with Crippen LogP contribution in [0.5, 0.6) is 0 Å². The van der Waals surface area contributed by atoms with Crippen molar-refractivity contribution in [3.8, 4) is 0 Å². The molecule has 4 heteroatoms. The van der Waals surface area contributed by atoms with Crippen LogP contribution in [0.1, 0.15) is 220 Å². The van der Waals surface area contributed by atoms with Crippen molar-refractivity contribution in [2.75, 3.05) is 13.2 Å². The van der Waals surface area contributed by atoms with Crippen molar-refractivity contribution in [3.63, 3.8) is 0 Å². The third kappa shape index (κ3) is 35.6. The van der Waals surface area contributed by atoms with Gasteiger partial charge in [-0.15, -0.1) is 0 Å². The average Bonchev–Trinajstić information content (AvgIpc) is 2.99. The lowest BCUT2D eigenvalue weighted by Crippen LogP contribution is -2.30. The van der Waals surface area contributed by atoms with Crippen LogP contribution in [0.2, 0.25) is 0 Å². The van der Waals surface area contributed by atoms with Gasteiger partial charge in [-0.1, -0.05) is 174 Å². The number of carbonyl (C=O) groups excluding carboxylic acids is 1. The normalized spacial score (nSPS) is 12.2. The van der Waals surface area contributed by atoms with E-state index >= 15 is 0 Å². The Labute approximate surface area is 271 Å². The van der Waals surface area contributed by atoms with E-state index in [2.05, 4.69) is 19.2 Å². The molecule has 0 radical (unpaired) electrons. The topological polar surface area (TPSA) is 47.6 Å². The monoisotopic (exact) mass is 610 g/mol. The highest BCUT2D eigenvalue weighted by molar-refractivity contribution is 5.67. The number of carbonyl (C=O) groups is 1. The van der Waals surface area contributed by atoms with Crippen molar-refractivity contribution in [1.29, 1.82) is 0 Å². The molecule has 0 saturated carbocycles. The first-order chi connectivity index (χ1) is 21.1. The molecule has 1 N–H and O–H groups in total. The molecule has 0 saturated heterocycles. The van der Waals surface area contributed by atoms with Crippen molar-refractivity contribution < 1.29 is 14.3 Å². The highest BCUT2D eigenvalue weighted by Crippen LogP contribution is 2.18. The van der Waals surface area contributed by atoms with Gasteiger partial charge < -0.3 is 14.8 Å². The van der Waals surface area contributed by atoms with Gasteiger partial charge in [0.15, 0.2) is 0 Å². The zero-order valence-corrected chi connectivity index (χ0v) is 30.0. The summed E-state index contributed by atoms with van der Waals surface area (Å²) in [4.78, 5) is 12.4. The van der Waals surface area contributed by atoms with E-state index in [0.29, 0.717) is 13.2 Å². The first-order valence-corrected chi connectivity index (χ1v) is 19.7. The van der Waals surface area contributed by atoms with Crippen LogP contribution in [0.15, 0.2) is 0 Å². The van der Waals surface area contributed by atoms with Crippen LogP contribution in [0.4, 0.5) is 4.79 Å². The highest BCUT2D eigenvalue weighted by atomic mass is 16.6. The van der Waals surface area contributed by atoms with E-state index in [4.69, 9.17) is 9.47 Å². The molecule has 258 valence electrons. The molecule has 0 bridgehead atoms. The maximum Gasteiger partial charge on any atom is 0.407 e. The summed E-state index contributed by atoms with van der Waals surface area (Å²) in [7, 11) is 0. The first-order valence-electron chi connectivity index (χ1n) is 19.7. The standard InChI is InChI=1S/C39H79NO3/c1-5-7-9-11-13-15-17-18-19-20-21-22-23-25-27-29-31-34-38(43-39(41)40-35-32-36-42-37(3)4)33-30-28-26-24-16-14-12-10-8-6-2/h37-38H,5-36H2,1-4H3,(H,40,41). The summed E-state index contributed by atoms with van der Waals surface area (Å²) in [5.41, 5.74) is 0. The number of hydrogen-bond acceptors (Lipinski definition) is 3. The molecule has 43 heavy (non-hydrogen) atoms. The zero-order chi connectivity index (χ0) is 31.5. The number of hydrogen-bond donors (Lipinski definition) is 1. The van der Waals surface area contributed by atoms with Crippen molar-refractivity contribution in [3.05, 3.63) is 0 Å². The first kappa shape index (κ1) is 42.2. The van der Waals surface area contributed by atoms with Gasteiger partial charge in [-0.2, -0.15) is 0 Å². The molecule has 0 heterocycles. The van der Waals surface area contributed by atoms with Gasteiger partial charge >= 0.3 is 6.09 Å². The van der Waals surface area contributed by atoms with E-state index in [0.717, 1.165) is 19.3 Å². The number of nitrogens with one attached hydrogen (secondary N) is 1. The molecule has 0 spiro atoms. The average molecular weight is 610 g/mol. The number of alkyl carbamates (subject to hydrolysis) is 1. The molecule has 1 unspecified atom stereocenters. The largest absolute Gasteiger partial charge is 0.446 e. The summed E-state index contributed by atoms with van der Waals surface area (Å²) in [5.74, 6) is 0. The second-order valence-electron chi connectivity index (χ2n) is 13.6. The maximum atomic E-state index is 12.4. The number of rotatable bonds is 35. The van der Waals surface area contributed by atoms with Crippen LogP contribution in [0.25, 0.3) is 0 Å². The molecule has 0 aromatic carbocycles. The van der Waals surface area contributed by atoms with Crippen LogP contribution < -0.4 is 5.32 Å². The van der Waals surface area contributed by atoms with Gasteiger partial charge in [0.2, 0.25) is 0 Å². The maximum absolute atomic E-state index is 12.4. The summed E-state index contributed by atoms with van der Waals surface area (Å²) >= 11 is 0. The molecule has 4 nitrogen and oxygen atoms in total. The van der Waals surface area contributed by atoms with Crippen molar-refractivity contribution in [1.82, 2.24) is 5.32 Å². The minimum absolute atomic E-state index is 0.0669. The molecule has 0 fully saturated rings. The molecule has 0 aliphatic rings. The second-order valence-corrected chi connectivity index (χ2v) is 13.6. The quantitative estimate of drug-likeness (QED) is 0.0727. The van der Waals surface area contributed by atoms with Crippen LogP contribution in [-0.2, 0) is 9.47 Å². The molecule has 0 aromatic rings. The van der Waals surface area contributed by atoms with Gasteiger partial charge in [-0.25, -0.2) is 4.79 Å². The van der Waals surface area contributed by atoms with E-state index in [1.165, 1.54) is 173 Å². The molecular weight excluding hydrogens is 530 g/mol. The molecule has 0 aliphatic carbocycles. The van der Waals surface area contributed by atoms with Crippen LogP contribution in [0.3, 0.4) is 0 Å². The van der Waals surface area contributed by atoms with E-state index in [1.807, 2.05) is 13.8 Å². The molecule has 0 aliphatic heterocycles. The fourth-order valence-electron chi connectivity index (χ4n) is 5.99. The molecule has 0 rings (SSSR count). The number of ether oxygens (including phenoxy) is 2. The fraction of sp³-hybridized carbons (Fsp3) is 0.974. The second kappa shape index (κ2) is 35.7. The third-order valence-corrected chi connectivity index (χ3v) is 8.82. The Bertz CT molecular complexity index is 539. The summed E-state index contributed by atoms with van der Waals surface area (Å²) in [6.07, 6.45) is 40.0. The van der Waals surface area contributed by atoms with Gasteiger partial charge in [0.05, 0.1) is 6.10 Å². The Morgan fingerprint density at radius 3 is 1.14 bits per heavy atom. The summed E-state index contributed by atoms with van der Waals surface area (Å²) in [5, 5.41) is 2.94. The summed E-state index contributed by atoms with van der Waals surface area (Å²) in [6, 6.07) is 0. The van der Waals surface area contributed by atoms with Crippen molar-refractivity contribution >= 4 is 6.09 Å². The van der Waals surface area contributed by atoms with E-state index in [1.54, 1.807) is 0 Å². The third-order valence-electron chi connectivity index (χ3n) is 8.82. The predicted molar refractivity (Wildman–Crippen MR) is 189 cm³/mol. The Morgan fingerprint density at radius 2 is 0.814 bits per heavy atom. The van der Waals surface area contributed by atoms with Crippen molar-refractivity contribution in [2.24, 2.45) is 0 Å². The van der Waals surface area contributed by atoms with Gasteiger partial charge in [0.1, 0.15) is 6.10 Å². The predicted octanol–water partition coefficient (Wildman–Crippen LogP) is 13.2. The lowest BCUT2D eigenvalue weighted by atomic mass is 10.0. The van der Waals surface area contributed by atoms with Crippen LogP contribution in [-0.4, -0.2) is 31.5 Å². The van der Waals surface area contributed by atoms with Gasteiger partial charge in [0.25, 0.3) is 0 Å². The Kier molecular flexibility index (Phi) is 35.1. The molecule has 1 amide bonds. The van der Waals surface area contributed by atoms with Crippen molar-refractivity contribution in [2.45, 2.75) is 233 Å². The summed E-state index contributed by atoms with van der Waals surface area (Å²) in [6.45, 7) is 9.96. The number of unbranched alkanes of at least 4 members (excludes halogenated alkanes) is 25. The molecule has 0 aromatic heterocycles. The van der Waals surface area contributed by atoms with E-state index in [9.17, 15) is 4.79 Å². The minimum atomic E-state index is -0.242. The summed E-state index contributed by atoms with van der Waals surface area (Å²) < 4.78 is 11.5. The SMILES string of the molecule is CCCCCCCCCCCCCCCCCCCC(CCCCCCCCCCCC)OC(=O)NCCCOC(C)C. The van der Waals surface area contributed by atoms with Crippen LogP contribution >= 0.6 is 0 Å². The smallest absolute Gasteiger partial charge is 0.407 e. The lowest BCUT2D eigenvalue weighted by Gasteiger charge is -2.18. The van der Waals surface area contributed by atoms with E-state index in [-0.39, 0.29) is 18.3 Å². The highest BCUT2D eigenvalue weighted by Gasteiger charge is 2.14. The van der Waals surface area contributed by atoms with E-state index < -0.39 is 0 Å². The Hall–Kier alpha value is -0.770. The Balaban J connectivity index is 3.92. The fourth-order valence-corrected chi connectivity index (χ4v) is 5.99. The number of amides is 1. The molecular formula is C39H79NO3. The van der Waals surface area contributed by atoms with Gasteiger partial charge in [-0.05, 0) is 46.0 Å². The lowest BCUT2D eigenvalue weighted by molar-refractivity contribution is 0.0720. The van der Waals surface area contributed by atoms with Gasteiger partial charge in [0, 0.05) is 13.2 Å². The van der Waals surface area contributed by atoms with Gasteiger partial charge in [-0.3, -0.25) is 0 Å².